The van der Waals surface area contributed by atoms with Crippen molar-refractivity contribution in [2.24, 2.45) is 0 Å². The Morgan fingerprint density at radius 1 is 1.35 bits per heavy atom. The third kappa shape index (κ3) is 3.06. The van der Waals surface area contributed by atoms with Crippen LogP contribution in [0.25, 0.3) is 0 Å². The second-order valence-corrected chi connectivity index (χ2v) is 4.31. The van der Waals surface area contributed by atoms with Crippen LogP contribution in [0.3, 0.4) is 0 Å². The van der Waals surface area contributed by atoms with Crippen LogP contribution in [-0.4, -0.2) is 25.0 Å². The first kappa shape index (κ1) is 12.1. The number of ether oxygens (including phenoxy) is 2. The molecule has 1 heterocycles. The van der Waals surface area contributed by atoms with Gasteiger partial charge in [0, 0.05) is 6.54 Å². The van der Waals surface area contributed by atoms with E-state index in [4.69, 9.17) is 9.47 Å². The highest BCUT2D eigenvalue weighted by molar-refractivity contribution is 7.96. The van der Waals surface area contributed by atoms with E-state index in [-0.39, 0.29) is 5.24 Å². The fourth-order valence-corrected chi connectivity index (χ4v) is 1.92. The number of nitrogens with one attached hydrogen (secondary N) is 1. The van der Waals surface area contributed by atoms with Crippen LogP contribution in [-0.2, 0) is 6.42 Å². The van der Waals surface area contributed by atoms with Crippen molar-refractivity contribution < 1.29 is 14.3 Å². The van der Waals surface area contributed by atoms with Gasteiger partial charge in [0.15, 0.2) is 11.5 Å². The van der Waals surface area contributed by atoms with Crippen LogP contribution < -0.4 is 14.8 Å². The smallest absolute Gasteiger partial charge is 0.275 e. The number of benzene rings is 1. The Balaban J connectivity index is 2.09. The van der Waals surface area contributed by atoms with Gasteiger partial charge in [-0.2, -0.15) is 0 Å². The Kier molecular flexibility index (Phi) is 3.78. The van der Waals surface area contributed by atoms with Gasteiger partial charge >= 0.3 is 0 Å². The minimum absolute atomic E-state index is 0.305. The molecule has 5 heteroatoms. The van der Waals surface area contributed by atoms with E-state index in [1.54, 1.807) is 0 Å². The number of rotatable bonds is 3. The highest BCUT2D eigenvalue weighted by atomic mass is 32.1. The van der Waals surface area contributed by atoms with Gasteiger partial charge in [-0.3, -0.25) is 4.79 Å². The lowest BCUT2D eigenvalue weighted by Gasteiger charge is -2.20. The molecule has 1 aliphatic rings. The molecule has 1 aliphatic heterocycles. The molecule has 0 radical (unpaired) electrons. The van der Waals surface area contributed by atoms with Gasteiger partial charge in [0.05, 0.1) is 0 Å². The Hall–Kier alpha value is -1.36. The highest BCUT2D eigenvalue weighted by Crippen LogP contribution is 2.33. The number of carbonyl (C=O) groups is 1. The maximum absolute atomic E-state index is 10.7. The molecular formula is C12H15NO3S. The number of fused-ring (bicyclic) bond motifs is 1. The summed E-state index contributed by atoms with van der Waals surface area (Å²) < 4.78 is 11.0. The van der Waals surface area contributed by atoms with Crippen molar-refractivity contribution in [3.8, 4) is 11.5 Å². The van der Waals surface area contributed by atoms with E-state index in [2.05, 4.69) is 17.9 Å². The SMILES string of the molecule is Cc1cc2c(cc1CCNC(=O)S)OCCO2. The highest BCUT2D eigenvalue weighted by Gasteiger charge is 2.13. The Bertz CT molecular complexity index is 434. The fourth-order valence-electron chi connectivity index (χ4n) is 1.81. The average Bonchev–Trinajstić information content (AvgIpc) is 2.29. The van der Waals surface area contributed by atoms with E-state index in [1.165, 1.54) is 0 Å². The lowest BCUT2D eigenvalue weighted by atomic mass is 10.0. The standard InChI is InChI=1S/C12H15NO3S/c1-8-6-10-11(16-5-4-15-10)7-9(8)2-3-13-12(14)17/h6-7H,2-5H2,1H3,(H2,13,14,17). The third-order valence-corrected chi connectivity index (χ3v) is 2.83. The normalized spacial score (nSPS) is 13.3. The predicted molar refractivity (Wildman–Crippen MR) is 68.3 cm³/mol. The van der Waals surface area contributed by atoms with Crippen molar-refractivity contribution in [3.05, 3.63) is 23.3 Å². The fraction of sp³-hybridized carbons (Fsp3) is 0.417. The van der Waals surface area contributed by atoms with Crippen molar-refractivity contribution >= 4 is 17.9 Å². The van der Waals surface area contributed by atoms with Crippen LogP contribution in [0.5, 0.6) is 11.5 Å². The number of aryl methyl sites for hydroxylation is 1. The van der Waals surface area contributed by atoms with Crippen LogP contribution in [0.2, 0.25) is 0 Å². The molecule has 1 aromatic rings. The number of thiol groups is 1. The number of hydrogen-bond acceptors (Lipinski definition) is 3. The first-order chi connectivity index (χ1) is 8.16. The van der Waals surface area contributed by atoms with Gasteiger partial charge < -0.3 is 14.8 Å². The molecule has 1 N–H and O–H groups in total. The van der Waals surface area contributed by atoms with Gasteiger partial charge in [-0.25, -0.2) is 0 Å². The summed E-state index contributed by atoms with van der Waals surface area (Å²) >= 11 is 3.65. The van der Waals surface area contributed by atoms with Crippen LogP contribution >= 0.6 is 12.6 Å². The summed E-state index contributed by atoms with van der Waals surface area (Å²) in [6.07, 6.45) is 0.759. The number of carbonyl (C=O) groups excluding carboxylic acids is 1. The van der Waals surface area contributed by atoms with Crippen LogP contribution in [0, 0.1) is 6.92 Å². The molecule has 0 bridgehead atoms. The van der Waals surface area contributed by atoms with Gasteiger partial charge in [-0.15, -0.1) is 0 Å². The summed E-state index contributed by atoms with van der Waals surface area (Å²) in [5.74, 6) is 1.59. The van der Waals surface area contributed by atoms with Gasteiger partial charge in [0.25, 0.3) is 5.24 Å². The molecule has 0 aromatic heterocycles. The van der Waals surface area contributed by atoms with E-state index in [0.717, 1.165) is 29.0 Å². The minimum Gasteiger partial charge on any atom is -0.486 e. The largest absolute Gasteiger partial charge is 0.486 e. The maximum Gasteiger partial charge on any atom is 0.275 e. The maximum atomic E-state index is 10.7. The summed E-state index contributed by atoms with van der Waals surface area (Å²) in [5.41, 5.74) is 2.29. The van der Waals surface area contributed by atoms with Crippen molar-refractivity contribution in [1.82, 2.24) is 5.32 Å². The molecular weight excluding hydrogens is 238 g/mol. The summed E-state index contributed by atoms with van der Waals surface area (Å²) in [4.78, 5) is 10.7. The van der Waals surface area contributed by atoms with Gasteiger partial charge in [-0.05, 0) is 36.6 Å². The average molecular weight is 253 g/mol. The monoisotopic (exact) mass is 253 g/mol. The molecule has 0 spiro atoms. The molecule has 92 valence electrons. The molecule has 0 atom stereocenters. The molecule has 0 saturated heterocycles. The molecule has 4 nitrogen and oxygen atoms in total. The summed E-state index contributed by atoms with van der Waals surface area (Å²) in [6.45, 7) is 3.78. The second kappa shape index (κ2) is 5.31. The van der Waals surface area contributed by atoms with Crippen molar-refractivity contribution in [2.75, 3.05) is 19.8 Å². The van der Waals surface area contributed by atoms with Crippen molar-refractivity contribution in [1.29, 1.82) is 0 Å². The first-order valence-electron chi connectivity index (χ1n) is 5.53. The zero-order valence-corrected chi connectivity index (χ0v) is 10.5. The quantitative estimate of drug-likeness (QED) is 0.809. The van der Waals surface area contributed by atoms with E-state index in [0.29, 0.717) is 19.8 Å². The van der Waals surface area contributed by atoms with Crippen molar-refractivity contribution in [2.45, 2.75) is 13.3 Å². The predicted octanol–water partition coefficient (Wildman–Crippen LogP) is 1.95. The van der Waals surface area contributed by atoms with Crippen LogP contribution in [0.15, 0.2) is 12.1 Å². The van der Waals surface area contributed by atoms with Gasteiger partial charge in [0.2, 0.25) is 0 Å². The number of hydrogen-bond donors (Lipinski definition) is 2. The first-order valence-corrected chi connectivity index (χ1v) is 5.97. The molecule has 0 aliphatic carbocycles. The molecule has 0 unspecified atom stereocenters. The molecule has 0 saturated carbocycles. The topological polar surface area (TPSA) is 47.6 Å². The zero-order chi connectivity index (χ0) is 12.3. The Labute approximate surface area is 106 Å². The Morgan fingerprint density at radius 2 is 2.00 bits per heavy atom. The van der Waals surface area contributed by atoms with Crippen molar-refractivity contribution in [3.63, 3.8) is 0 Å². The second-order valence-electron chi connectivity index (χ2n) is 3.90. The van der Waals surface area contributed by atoms with Gasteiger partial charge in [0.1, 0.15) is 13.2 Å². The van der Waals surface area contributed by atoms with E-state index < -0.39 is 0 Å². The summed E-state index contributed by atoms with van der Waals surface area (Å²) in [7, 11) is 0. The van der Waals surface area contributed by atoms with Crippen LogP contribution in [0.4, 0.5) is 4.79 Å². The minimum atomic E-state index is -0.305. The molecule has 17 heavy (non-hydrogen) atoms. The lowest BCUT2D eigenvalue weighted by molar-refractivity contribution is 0.171. The molecule has 2 rings (SSSR count). The Morgan fingerprint density at radius 3 is 2.65 bits per heavy atom. The molecule has 1 amide bonds. The number of amides is 1. The van der Waals surface area contributed by atoms with E-state index >= 15 is 0 Å². The van der Waals surface area contributed by atoms with E-state index in [1.807, 2.05) is 19.1 Å². The molecule has 0 fully saturated rings. The molecule has 1 aromatic carbocycles. The summed E-state index contributed by atoms with van der Waals surface area (Å²) in [5, 5.41) is 2.35. The summed E-state index contributed by atoms with van der Waals surface area (Å²) in [6, 6.07) is 3.96. The van der Waals surface area contributed by atoms with Gasteiger partial charge in [-0.1, -0.05) is 12.6 Å². The van der Waals surface area contributed by atoms with E-state index in [9.17, 15) is 4.79 Å². The zero-order valence-electron chi connectivity index (χ0n) is 9.66. The van der Waals surface area contributed by atoms with Crippen LogP contribution in [0.1, 0.15) is 11.1 Å². The third-order valence-electron chi connectivity index (χ3n) is 2.67. The lowest BCUT2D eigenvalue weighted by Crippen LogP contribution is -2.20.